The lowest BCUT2D eigenvalue weighted by molar-refractivity contribution is 0.0861. The predicted molar refractivity (Wildman–Crippen MR) is 96.1 cm³/mol. The molecule has 0 saturated carbocycles. The van der Waals surface area contributed by atoms with Gasteiger partial charge in [-0.25, -0.2) is 4.79 Å². The molecule has 1 aliphatic heterocycles. The summed E-state index contributed by atoms with van der Waals surface area (Å²) in [5.41, 5.74) is 1.10. The van der Waals surface area contributed by atoms with Gasteiger partial charge >= 0.3 is 6.09 Å². The van der Waals surface area contributed by atoms with Crippen molar-refractivity contribution in [2.45, 2.75) is 45.6 Å². The summed E-state index contributed by atoms with van der Waals surface area (Å²) in [6.45, 7) is 5.42. The Morgan fingerprint density at radius 2 is 2.04 bits per heavy atom. The molecular formula is C18H25N5O3. The molecule has 0 radical (unpaired) electrons. The van der Waals surface area contributed by atoms with Gasteiger partial charge in [-0.3, -0.25) is 9.20 Å². The topological polar surface area (TPSA) is 88.8 Å². The van der Waals surface area contributed by atoms with E-state index in [-0.39, 0.29) is 18.0 Å². The van der Waals surface area contributed by atoms with Gasteiger partial charge in [0, 0.05) is 31.7 Å². The highest BCUT2D eigenvalue weighted by Gasteiger charge is 2.25. The first-order valence-electron chi connectivity index (χ1n) is 9.19. The zero-order chi connectivity index (χ0) is 18.5. The van der Waals surface area contributed by atoms with Crippen molar-refractivity contribution in [2.75, 3.05) is 19.7 Å². The lowest BCUT2D eigenvalue weighted by atomic mass is 10.0. The van der Waals surface area contributed by atoms with Gasteiger partial charge in [0.05, 0.1) is 12.2 Å². The Morgan fingerprint density at radius 3 is 2.73 bits per heavy atom. The second-order valence-corrected chi connectivity index (χ2v) is 6.42. The molecule has 3 rings (SSSR count). The summed E-state index contributed by atoms with van der Waals surface area (Å²) in [5, 5.41) is 11.4. The standard InChI is InChI=1S/C18H25N5O3/c1-3-6-15-20-21-16-14(7-5-10-23(15)16)17(24)19-13-8-11-22(12-9-13)18(25)26-4-2/h5,7,10,13H,3-4,6,8-9,11-12H2,1-2H3,(H,19,24). The van der Waals surface area contributed by atoms with Crippen LogP contribution in [0.2, 0.25) is 0 Å². The van der Waals surface area contributed by atoms with E-state index in [0.29, 0.717) is 43.7 Å². The summed E-state index contributed by atoms with van der Waals surface area (Å²) in [6.07, 6.45) is 4.81. The first-order chi connectivity index (χ1) is 12.6. The Hall–Kier alpha value is -2.64. The maximum absolute atomic E-state index is 12.7. The molecule has 2 amide bonds. The minimum atomic E-state index is -0.283. The van der Waals surface area contributed by atoms with Gasteiger partial charge in [-0.05, 0) is 38.3 Å². The molecule has 0 atom stereocenters. The molecule has 1 N–H and O–H groups in total. The highest BCUT2D eigenvalue weighted by atomic mass is 16.6. The fourth-order valence-electron chi connectivity index (χ4n) is 3.22. The molecule has 1 fully saturated rings. The maximum atomic E-state index is 12.7. The van der Waals surface area contributed by atoms with Gasteiger partial charge in [-0.1, -0.05) is 6.92 Å². The first-order valence-corrected chi connectivity index (χ1v) is 9.19. The molecule has 0 aliphatic carbocycles. The smallest absolute Gasteiger partial charge is 0.409 e. The lowest BCUT2D eigenvalue weighted by Gasteiger charge is -2.31. The van der Waals surface area contributed by atoms with Crippen LogP contribution >= 0.6 is 0 Å². The lowest BCUT2D eigenvalue weighted by Crippen LogP contribution is -2.46. The van der Waals surface area contributed by atoms with Gasteiger partial charge in [0.25, 0.3) is 5.91 Å². The SMILES string of the molecule is CCCc1nnc2c(C(=O)NC3CCN(C(=O)OCC)CC3)cccn12. The number of hydrogen-bond donors (Lipinski definition) is 1. The van der Waals surface area contributed by atoms with E-state index in [0.717, 1.165) is 18.7 Å². The highest BCUT2D eigenvalue weighted by Crippen LogP contribution is 2.15. The Morgan fingerprint density at radius 1 is 1.27 bits per heavy atom. The number of piperidine rings is 1. The molecule has 0 aromatic carbocycles. The summed E-state index contributed by atoms with van der Waals surface area (Å²) in [4.78, 5) is 26.1. The van der Waals surface area contributed by atoms with E-state index in [9.17, 15) is 9.59 Å². The predicted octanol–water partition coefficient (Wildman–Crippen LogP) is 2.03. The molecule has 8 heteroatoms. The Balaban J connectivity index is 1.64. The maximum Gasteiger partial charge on any atom is 0.409 e. The molecule has 0 spiro atoms. The van der Waals surface area contributed by atoms with Crippen molar-refractivity contribution in [1.29, 1.82) is 0 Å². The van der Waals surface area contributed by atoms with Gasteiger partial charge in [0.15, 0.2) is 5.65 Å². The van der Waals surface area contributed by atoms with E-state index >= 15 is 0 Å². The van der Waals surface area contributed by atoms with Crippen LogP contribution in [-0.4, -0.2) is 57.2 Å². The van der Waals surface area contributed by atoms with Crippen molar-refractivity contribution in [3.05, 3.63) is 29.7 Å². The number of hydrogen-bond acceptors (Lipinski definition) is 5. The monoisotopic (exact) mass is 359 g/mol. The number of aryl methyl sites for hydroxylation is 1. The number of likely N-dealkylation sites (tertiary alicyclic amines) is 1. The van der Waals surface area contributed by atoms with Crippen LogP contribution in [0.25, 0.3) is 5.65 Å². The molecule has 26 heavy (non-hydrogen) atoms. The van der Waals surface area contributed by atoms with Crippen LogP contribution in [0.5, 0.6) is 0 Å². The normalized spacial score (nSPS) is 15.2. The third-order valence-corrected chi connectivity index (χ3v) is 4.58. The van der Waals surface area contributed by atoms with Crippen molar-refractivity contribution in [2.24, 2.45) is 0 Å². The summed E-state index contributed by atoms with van der Waals surface area (Å²) in [7, 11) is 0. The number of rotatable bonds is 5. The molecule has 2 aromatic heterocycles. The number of aromatic nitrogens is 3. The molecule has 0 unspecified atom stereocenters. The summed E-state index contributed by atoms with van der Waals surface area (Å²) >= 11 is 0. The summed E-state index contributed by atoms with van der Waals surface area (Å²) in [6, 6.07) is 3.64. The van der Waals surface area contributed by atoms with Gasteiger partial charge in [-0.15, -0.1) is 10.2 Å². The van der Waals surface area contributed by atoms with Crippen LogP contribution in [0.1, 0.15) is 49.3 Å². The molecule has 2 aromatic rings. The molecule has 1 saturated heterocycles. The fourth-order valence-corrected chi connectivity index (χ4v) is 3.22. The quantitative estimate of drug-likeness (QED) is 0.882. The highest BCUT2D eigenvalue weighted by molar-refractivity contribution is 5.99. The van der Waals surface area contributed by atoms with Crippen LogP contribution < -0.4 is 5.32 Å². The van der Waals surface area contributed by atoms with Crippen molar-refractivity contribution >= 4 is 17.6 Å². The number of ether oxygens (including phenoxy) is 1. The van der Waals surface area contributed by atoms with Crippen LogP contribution in [0.15, 0.2) is 18.3 Å². The van der Waals surface area contributed by atoms with Gasteiger partial charge in [-0.2, -0.15) is 0 Å². The summed E-state index contributed by atoms with van der Waals surface area (Å²) in [5.74, 6) is 0.709. The molecular weight excluding hydrogens is 334 g/mol. The number of carbonyl (C=O) groups excluding carboxylic acids is 2. The molecule has 140 valence electrons. The first kappa shape index (κ1) is 18.2. The minimum absolute atomic E-state index is 0.0338. The van der Waals surface area contributed by atoms with Crippen molar-refractivity contribution in [3.63, 3.8) is 0 Å². The zero-order valence-corrected chi connectivity index (χ0v) is 15.3. The van der Waals surface area contributed by atoms with E-state index in [1.807, 2.05) is 16.7 Å². The van der Waals surface area contributed by atoms with E-state index in [2.05, 4.69) is 22.4 Å². The average Bonchev–Trinajstić information content (AvgIpc) is 3.06. The summed E-state index contributed by atoms with van der Waals surface area (Å²) < 4.78 is 6.90. The van der Waals surface area contributed by atoms with E-state index < -0.39 is 0 Å². The van der Waals surface area contributed by atoms with E-state index in [4.69, 9.17) is 4.74 Å². The molecule has 0 bridgehead atoms. The van der Waals surface area contributed by atoms with Crippen molar-refractivity contribution in [3.8, 4) is 0 Å². The second-order valence-electron chi connectivity index (χ2n) is 6.42. The largest absolute Gasteiger partial charge is 0.450 e. The fraction of sp³-hybridized carbons (Fsp3) is 0.556. The van der Waals surface area contributed by atoms with E-state index in [1.165, 1.54) is 0 Å². The zero-order valence-electron chi connectivity index (χ0n) is 15.3. The Kier molecular flexibility index (Phi) is 5.70. The van der Waals surface area contributed by atoms with Crippen LogP contribution in [0, 0.1) is 0 Å². The number of pyridine rings is 1. The number of nitrogens with zero attached hydrogens (tertiary/aromatic N) is 4. The van der Waals surface area contributed by atoms with Crippen molar-refractivity contribution < 1.29 is 14.3 Å². The Labute approximate surface area is 152 Å². The molecule has 8 nitrogen and oxygen atoms in total. The molecule has 1 aliphatic rings. The van der Waals surface area contributed by atoms with Gasteiger partial charge < -0.3 is 15.0 Å². The third kappa shape index (κ3) is 3.79. The van der Waals surface area contributed by atoms with Crippen molar-refractivity contribution in [1.82, 2.24) is 24.8 Å². The minimum Gasteiger partial charge on any atom is -0.450 e. The van der Waals surface area contributed by atoms with Gasteiger partial charge in [0.1, 0.15) is 5.82 Å². The van der Waals surface area contributed by atoms with E-state index in [1.54, 1.807) is 17.9 Å². The number of fused-ring (bicyclic) bond motifs is 1. The average molecular weight is 359 g/mol. The third-order valence-electron chi connectivity index (χ3n) is 4.58. The molecule has 3 heterocycles. The number of amides is 2. The van der Waals surface area contributed by atoms with Crippen LogP contribution in [-0.2, 0) is 11.2 Å². The number of carbonyl (C=O) groups is 2. The van der Waals surface area contributed by atoms with Crippen LogP contribution in [0.4, 0.5) is 4.79 Å². The number of nitrogens with one attached hydrogen (secondary N) is 1. The van der Waals surface area contributed by atoms with Gasteiger partial charge in [0.2, 0.25) is 0 Å². The second kappa shape index (κ2) is 8.16. The van der Waals surface area contributed by atoms with Crippen LogP contribution in [0.3, 0.4) is 0 Å². The Bertz CT molecular complexity index is 780.